The van der Waals surface area contributed by atoms with Gasteiger partial charge in [-0.2, -0.15) is 0 Å². The number of fused-ring (bicyclic) bond motifs is 3. The first-order valence-corrected chi connectivity index (χ1v) is 9.33. The minimum atomic E-state index is 0.163. The molecule has 0 saturated carbocycles. The number of amidine groups is 1. The Morgan fingerprint density at radius 1 is 1.48 bits per heavy atom. The van der Waals surface area contributed by atoms with Crippen molar-refractivity contribution in [3.63, 3.8) is 0 Å². The molecule has 2 atom stereocenters. The molecule has 1 heterocycles. The SMILES string of the molecule is C=CCN1CC2C(N=C1SCC)c1ccc(O)cc1CC2(C)C. The number of phenolic OH excluding ortho intramolecular Hbond substituents is 1. The highest BCUT2D eigenvalue weighted by Crippen LogP contribution is 2.50. The largest absolute Gasteiger partial charge is 0.508 e. The zero-order chi connectivity index (χ0) is 16.6. The molecule has 4 heteroatoms. The molecule has 3 nitrogen and oxygen atoms in total. The predicted molar refractivity (Wildman–Crippen MR) is 99.2 cm³/mol. The van der Waals surface area contributed by atoms with Crippen molar-refractivity contribution in [1.29, 1.82) is 0 Å². The maximum absolute atomic E-state index is 9.84. The van der Waals surface area contributed by atoms with Gasteiger partial charge in [0.05, 0.1) is 6.04 Å². The lowest BCUT2D eigenvalue weighted by Crippen LogP contribution is -2.48. The van der Waals surface area contributed by atoms with E-state index in [1.54, 1.807) is 6.07 Å². The van der Waals surface area contributed by atoms with Gasteiger partial charge in [0.25, 0.3) is 0 Å². The van der Waals surface area contributed by atoms with Crippen molar-refractivity contribution >= 4 is 16.9 Å². The molecular weight excluding hydrogens is 304 g/mol. The van der Waals surface area contributed by atoms with Gasteiger partial charge in [0.2, 0.25) is 0 Å². The number of thioether (sulfide) groups is 1. The summed E-state index contributed by atoms with van der Waals surface area (Å²) < 4.78 is 0. The van der Waals surface area contributed by atoms with E-state index in [2.05, 4.69) is 38.3 Å². The van der Waals surface area contributed by atoms with Gasteiger partial charge >= 0.3 is 0 Å². The molecule has 0 saturated heterocycles. The summed E-state index contributed by atoms with van der Waals surface area (Å²) in [5, 5.41) is 11.0. The molecule has 0 amide bonds. The number of benzene rings is 1. The second-order valence-corrected chi connectivity index (χ2v) is 8.37. The Morgan fingerprint density at radius 3 is 2.96 bits per heavy atom. The molecule has 3 rings (SSSR count). The average molecular weight is 330 g/mol. The molecule has 0 radical (unpaired) electrons. The number of aliphatic imine (C=N–C) groups is 1. The summed E-state index contributed by atoms with van der Waals surface area (Å²) in [6, 6.07) is 5.99. The van der Waals surface area contributed by atoms with Crippen LogP contribution in [0.2, 0.25) is 0 Å². The summed E-state index contributed by atoms with van der Waals surface area (Å²) in [5.74, 6) is 1.87. The van der Waals surface area contributed by atoms with Gasteiger partial charge in [-0.05, 0) is 40.8 Å². The van der Waals surface area contributed by atoms with E-state index in [4.69, 9.17) is 4.99 Å². The molecule has 0 bridgehead atoms. The van der Waals surface area contributed by atoms with Crippen LogP contribution in [0.15, 0.2) is 35.8 Å². The number of hydrogen-bond acceptors (Lipinski definition) is 4. The van der Waals surface area contributed by atoms with Crippen molar-refractivity contribution in [2.75, 3.05) is 18.8 Å². The number of hydrogen-bond donors (Lipinski definition) is 1. The van der Waals surface area contributed by atoms with Gasteiger partial charge in [-0.3, -0.25) is 4.99 Å². The third kappa shape index (κ3) is 3.01. The van der Waals surface area contributed by atoms with Gasteiger partial charge in [0, 0.05) is 19.0 Å². The van der Waals surface area contributed by atoms with E-state index in [-0.39, 0.29) is 11.5 Å². The predicted octanol–water partition coefficient (Wildman–Crippen LogP) is 4.24. The Kier molecular flexibility index (Phi) is 4.45. The zero-order valence-corrected chi connectivity index (χ0v) is 15.1. The highest BCUT2D eigenvalue weighted by atomic mass is 32.2. The van der Waals surface area contributed by atoms with Crippen molar-refractivity contribution in [1.82, 2.24) is 4.90 Å². The summed E-state index contributed by atoms with van der Waals surface area (Å²) >= 11 is 1.81. The minimum absolute atomic E-state index is 0.163. The average Bonchev–Trinajstić information content (AvgIpc) is 2.48. The molecule has 1 N–H and O–H groups in total. The fourth-order valence-electron chi connectivity index (χ4n) is 3.89. The molecule has 0 spiro atoms. The van der Waals surface area contributed by atoms with E-state index in [9.17, 15) is 5.11 Å². The molecule has 2 unspecified atom stereocenters. The number of phenols is 1. The van der Waals surface area contributed by atoms with Gasteiger partial charge in [0.1, 0.15) is 5.75 Å². The van der Waals surface area contributed by atoms with Gasteiger partial charge in [-0.15, -0.1) is 6.58 Å². The fraction of sp³-hybridized carbons (Fsp3) is 0.526. The quantitative estimate of drug-likeness (QED) is 0.842. The molecule has 1 aliphatic heterocycles. The molecule has 23 heavy (non-hydrogen) atoms. The maximum atomic E-state index is 9.84. The van der Waals surface area contributed by atoms with Crippen LogP contribution in [-0.2, 0) is 6.42 Å². The fourth-order valence-corrected chi connectivity index (χ4v) is 4.67. The van der Waals surface area contributed by atoms with Gasteiger partial charge in [-0.25, -0.2) is 0 Å². The molecule has 1 aromatic rings. The lowest BCUT2D eigenvalue weighted by Gasteiger charge is -2.48. The first-order chi connectivity index (χ1) is 11.0. The first-order valence-electron chi connectivity index (χ1n) is 8.34. The Labute approximate surface area is 143 Å². The minimum Gasteiger partial charge on any atom is -0.508 e. The van der Waals surface area contributed by atoms with Crippen LogP contribution in [0, 0.1) is 11.3 Å². The Balaban J connectivity index is 2.07. The van der Waals surface area contributed by atoms with Crippen LogP contribution < -0.4 is 0 Å². The van der Waals surface area contributed by atoms with Gasteiger partial charge in [-0.1, -0.05) is 44.7 Å². The molecule has 2 aliphatic rings. The van der Waals surface area contributed by atoms with Crippen LogP contribution >= 0.6 is 11.8 Å². The third-order valence-corrected chi connectivity index (χ3v) is 5.95. The van der Waals surface area contributed by atoms with Crippen LogP contribution in [0.4, 0.5) is 0 Å². The molecule has 1 aromatic carbocycles. The van der Waals surface area contributed by atoms with Crippen molar-refractivity contribution in [2.45, 2.75) is 33.2 Å². The van der Waals surface area contributed by atoms with Crippen molar-refractivity contribution in [2.24, 2.45) is 16.3 Å². The van der Waals surface area contributed by atoms with Crippen LogP contribution in [0.5, 0.6) is 5.75 Å². The zero-order valence-electron chi connectivity index (χ0n) is 14.2. The second-order valence-electron chi connectivity index (χ2n) is 7.14. The normalized spacial score (nSPS) is 25.3. The van der Waals surface area contributed by atoms with Crippen LogP contribution in [0.3, 0.4) is 0 Å². The van der Waals surface area contributed by atoms with E-state index < -0.39 is 0 Å². The lowest BCUT2D eigenvalue weighted by atomic mass is 9.64. The van der Waals surface area contributed by atoms with Crippen LogP contribution in [0.1, 0.15) is 37.9 Å². The smallest absolute Gasteiger partial charge is 0.160 e. The second kappa shape index (κ2) is 6.23. The topological polar surface area (TPSA) is 35.8 Å². The van der Waals surface area contributed by atoms with Crippen molar-refractivity contribution < 1.29 is 5.11 Å². The monoisotopic (exact) mass is 330 g/mol. The Bertz CT molecular complexity index is 638. The molecule has 0 aromatic heterocycles. The standard InChI is InChI=1S/C19H26N2OS/c1-5-9-21-12-16-17(20-18(21)23-6-2)15-8-7-14(22)10-13(15)11-19(16,3)4/h5,7-8,10,16-17,22H,1,6,9,11-12H2,2-4H3. The first kappa shape index (κ1) is 16.4. The number of nitrogens with zero attached hydrogens (tertiary/aromatic N) is 2. The maximum Gasteiger partial charge on any atom is 0.160 e. The highest BCUT2D eigenvalue weighted by Gasteiger charge is 2.45. The van der Waals surface area contributed by atoms with E-state index in [1.165, 1.54) is 11.1 Å². The van der Waals surface area contributed by atoms with Crippen molar-refractivity contribution in [3.8, 4) is 5.75 Å². The molecule has 0 fully saturated rings. The summed E-state index contributed by atoms with van der Waals surface area (Å²) in [4.78, 5) is 7.51. The van der Waals surface area contributed by atoms with Crippen LogP contribution in [0.25, 0.3) is 0 Å². The van der Waals surface area contributed by atoms with Gasteiger partial charge in [0.15, 0.2) is 5.17 Å². The molecule has 1 aliphatic carbocycles. The Morgan fingerprint density at radius 2 is 2.26 bits per heavy atom. The lowest BCUT2D eigenvalue weighted by molar-refractivity contribution is 0.121. The number of aromatic hydroxyl groups is 1. The summed E-state index contributed by atoms with van der Waals surface area (Å²) in [6.45, 7) is 12.6. The molecular formula is C19H26N2OS. The summed E-state index contributed by atoms with van der Waals surface area (Å²) in [6.07, 6.45) is 2.96. The van der Waals surface area contributed by atoms with Gasteiger partial charge < -0.3 is 10.0 Å². The van der Waals surface area contributed by atoms with Crippen molar-refractivity contribution in [3.05, 3.63) is 42.0 Å². The van der Waals surface area contributed by atoms with E-state index in [1.807, 2.05) is 23.9 Å². The van der Waals surface area contributed by atoms with E-state index >= 15 is 0 Å². The summed E-state index contributed by atoms with van der Waals surface area (Å²) in [5.41, 5.74) is 2.70. The van der Waals surface area contributed by atoms with Crippen LogP contribution in [-0.4, -0.2) is 34.0 Å². The number of rotatable bonds is 3. The third-order valence-electron chi connectivity index (χ3n) is 5.04. The van der Waals surface area contributed by atoms with E-state index in [0.717, 1.165) is 30.4 Å². The summed E-state index contributed by atoms with van der Waals surface area (Å²) in [7, 11) is 0. The Hall–Kier alpha value is -1.42. The molecule has 124 valence electrons. The van der Waals surface area contributed by atoms with E-state index in [0.29, 0.717) is 11.7 Å². The highest BCUT2D eigenvalue weighted by molar-refractivity contribution is 8.13.